The molecule has 0 unspecified atom stereocenters. The summed E-state index contributed by atoms with van der Waals surface area (Å²) < 4.78 is 13.0. The van der Waals surface area contributed by atoms with Crippen LogP contribution in [0.1, 0.15) is 46.4 Å². The van der Waals surface area contributed by atoms with E-state index in [2.05, 4.69) is 17.2 Å². The number of nitrogens with one attached hydrogen (secondary N) is 1. The number of hydrogen-bond donors (Lipinski definition) is 2. The van der Waals surface area contributed by atoms with Crippen LogP contribution in [0, 0.1) is 5.92 Å². The Morgan fingerprint density at radius 3 is 2.29 bits per heavy atom. The molecule has 1 aromatic heterocycles. The van der Waals surface area contributed by atoms with Crippen molar-refractivity contribution in [2.75, 3.05) is 11.1 Å². The lowest BCUT2D eigenvalue weighted by Gasteiger charge is -2.41. The summed E-state index contributed by atoms with van der Waals surface area (Å²) in [5.41, 5.74) is 4.08. The standard InChI is InChI=1S/C31H30N2O4S/c1-21-27(20-38-28-9-5-6-18-32-28)36-31(37-29(21)23-12-10-22(19-34)11-13-23)25-14-16-26(17-15-25)33-30(35)24-7-3-2-4-8-24/h2-18,21,27,29,31,34H,19-20H2,1H3,(H,33,35)/t21-,27+,29+,31+/m0/s1. The lowest BCUT2D eigenvalue weighted by Crippen LogP contribution is -2.38. The predicted octanol–water partition coefficient (Wildman–Crippen LogP) is 6.41. The molecule has 0 aliphatic carbocycles. The van der Waals surface area contributed by atoms with Crippen molar-refractivity contribution >= 4 is 23.4 Å². The van der Waals surface area contributed by atoms with E-state index in [-0.39, 0.29) is 30.6 Å². The van der Waals surface area contributed by atoms with E-state index in [9.17, 15) is 9.90 Å². The summed E-state index contributed by atoms with van der Waals surface area (Å²) in [6, 6.07) is 30.5. The normalized spacial score (nSPS) is 21.1. The summed E-state index contributed by atoms with van der Waals surface area (Å²) >= 11 is 1.67. The molecule has 0 bridgehead atoms. The maximum atomic E-state index is 12.5. The summed E-state index contributed by atoms with van der Waals surface area (Å²) in [5.74, 6) is 0.663. The van der Waals surface area contributed by atoms with Gasteiger partial charge in [-0.1, -0.05) is 67.6 Å². The highest BCUT2D eigenvalue weighted by molar-refractivity contribution is 7.99. The molecule has 3 aromatic carbocycles. The van der Waals surface area contributed by atoms with Gasteiger partial charge in [-0.15, -0.1) is 11.8 Å². The number of rotatable bonds is 8. The van der Waals surface area contributed by atoms with E-state index in [1.165, 1.54) is 0 Å². The Bertz CT molecular complexity index is 1320. The quantitative estimate of drug-likeness (QED) is 0.258. The Labute approximate surface area is 227 Å². The van der Waals surface area contributed by atoms with Crippen molar-refractivity contribution in [3.05, 3.63) is 126 Å². The van der Waals surface area contributed by atoms with Crippen LogP contribution in [0.15, 0.2) is 108 Å². The molecule has 194 valence electrons. The summed E-state index contributed by atoms with van der Waals surface area (Å²) in [6.45, 7) is 2.15. The van der Waals surface area contributed by atoms with Crippen molar-refractivity contribution in [2.45, 2.75) is 37.1 Å². The van der Waals surface area contributed by atoms with Gasteiger partial charge in [0.05, 0.1) is 23.8 Å². The molecule has 1 amide bonds. The van der Waals surface area contributed by atoms with Gasteiger partial charge in [-0.2, -0.15) is 0 Å². The second-order valence-electron chi connectivity index (χ2n) is 9.24. The second kappa shape index (κ2) is 12.4. The zero-order valence-corrected chi connectivity index (χ0v) is 21.9. The monoisotopic (exact) mass is 526 g/mol. The molecule has 5 rings (SSSR count). The maximum absolute atomic E-state index is 12.5. The topological polar surface area (TPSA) is 80.7 Å². The van der Waals surface area contributed by atoms with Crippen LogP contribution in [0.3, 0.4) is 0 Å². The molecule has 4 atom stereocenters. The Morgan fingerprint density at radius 2 is 1.61 bits per heavy atom. The van der Waals surface area contributed by atoms with Crippen LogP contribution in [-0.2, 0) is 16.1 Å². The van der Waals surface area contributed by atoms with Crippen molar-refractivity contribution in [1.82, 2.24) is 4.98 Å². The Balaban J connectivity index is 1.34. The van der Waals surface area contributed by atoms with Crippen molar-refractivity contribution in [3.63, 3.8) is 0 Å². The summed E-state index contributed by atoms with van der Waals surface area (Å²) in [4.78, 5) is 17.0. The third-order valence-corrected chi connectivity index (χ3v) is 7.67. The van der Waals surface area contributed by atoms with Crippen LogP contribution in [0.2, 0.25) is 0 Å². The molecule has 7 heteroatoms. The number of aromatic nitrogens is 1. The molecular weight excluding hydrogens is 496 g/mol. The first-order valence-electron chi connectivity index (χ1n) is 12.6. The number of benzene rings is 3. The van der Waals surface area contributed by atoms with Crippen LogP contribution < -0.4 is 5.32 Å². The van der Waals surface area contributed by atoms with Gasteiger partial charge in [0.15, 0.2) is 6.29 Å². The number of nitrogens with zero attached hydrogens (tertiary/aromatic N) is 1. The average molecular weight is 527 g/mol. The van der Waals surface area contributed by atoms with Crippen molar-refractivity contribution in [3.8, 4) is 0 Å². The number of aliphatic hydroxyl groups is 1. The van der Waals surface area contributed by atoms with Gasteiger partial charge < -0.3 is 19.9 Å². The van der Waals surface area contributed by atoms with E-state index in [4.69, 9.17) is 9.47 Å². The van der Waals surface area contributed by atoms with Crippen LogP contribution in [0.25, 0.3) is 0 Å². The fourth-order valence-corrected chi connectivity index (χ4v) is 5.45. The highest BCUT2D eigenvalue weighted by atomic mass is 32.2. The minimum Gasteiger partial charge on any atom is -0.392 e. The number of anilines is 1. The number of aliphatic hydroxyl groups excluding tert-OH is 1. The average Bonchev–Trinajstić information content (AvgIpc) is 2.98. The lowest BCUT2D eigenvalue weighted by molar-refractivity contribution is -0.268. The number of ether oxygens (including phenoxy) is 2. The van der Waals surface area contributed by atoms with Gasteiger partial charge in [0.1, 0.15) is 0 Å². The molecule has 1 aliphatic rings. The first kappa shape index (κ1) is 26.1. The minimum atomic E-state index is -0.568. The van der Waals surface area contributed by atoms with E-state index in [1.807, 2.05) is 84.9 Å². The van der Waals surface area contributed by atoms with Gasteiger partial charge in [-0.3, -0.25) is 4.79 Å². The molecule has 0 spiro atoms. The van der Waals surface area contributed by atoms with E-state index in [0.717, 1.165) is 27.5 Å². The van der Waals surface area contributed by atoms with Crippen molar-refractivity contribution < 1.29 is 19.4 Å². The minimum absolute atomic E-state index is 0.00357. The lowest BCUT2D eigenvalue weighted by atomic mass is 9.91. The van der Waals surface area contributed by atoms with Crippen LogP contribution in [0.5, 0.6) is 0 Å². The number of thioether (sulfide) groups is 1. The molecule has 6 nitrogen and oxygen atoms in total. The summed E-state index contributed by atoms with van der Waals surface area (Å²) in [6.07, 6.45) is 0.958. The van der Waals surface area contributed by atoms with E-state index < -0.39 is 6.29 Å². The number of pyridine rings is 1. The molecule has 1 saturated heterocycles. The number of amides is 1. The molecular formula is C31H30N2O4S. The zero-order valence-electron chi connectivity index (χ0n) is 21.1. The summed E-state index contributed by atoms with van der Waals surface area (Å²) in [5, 5.41) is 13.3. The first-order valence-corrected chi connectivity index (χ1v) is 13.6. The van der Waals surface area contributed by atoms with Crippen LogP contribution in [0.4, 0.5) is 5.69 Å². The highest BCUT2D eigenvalue weighted by Crippen LogP contribution is 2.43. The third kappa shape index (κ3) is 6.31. The smallest absolute Gasteiger partial charge is 0.255 e. The van der Waals surface area contributed by atoms with Crippen LogP contribution >= 0.6 is 11.8 Å². The Morgan fingerprint density at radius 1 is 0.895 bits per heavy atom. The number of carbonyl (C=O) groups excluding carboxylic acids is 1. The molecule has 1 aliphatic heterocycles. The Kier molecular flexibility index (Phi) is 8.51. The van der Waals surface area contributed by atoms with E-state index in [0.29, 0.717) is 11.3 Å². The number of hydrogen-bond acceptors (Lipinski definition) is 6. The molecule has 1 fully saturated rings. The predicted molar refractivity (Wildman–Crippen MR) is 149 cm³/mol. The van der Waals surface area contributed by atoms with Crippen molar-refractivity contribution in [1.29, 1.82) is 0 Å². The molecule has 2 heterocycles. The molecule has 4 aromatic rings. The second-order valence-corrected chi connectivity index (χ2v) is 10.3. The van der Waals surface area contributed by atoms with Gasteiger partial charge in [0.25, 0.3) is 5.91 Å². The molecule has 2 N–H and O–H groups in total. The zero-order chi connectivity index (χ0) is 26.3. The van der Waals surface area contributed by atoms with Crippen molar-refractivity contribution in [2.24, 2.45) is 5.92 Å². The molecule has 38 heavy (non-hydrogen) atoms. The van der Waals surface area contributed by atoms with Gasteiger partial charge in [0, 0.05) is 34.7 Å². The largest absolute Gasteiger partial charge is 0.392 e. The Hall–Kier alpha value is -3.49. The van der Waals surface area contributed by atoms with E-state index in [1.54, 1.807) is 30.1 Å². The molecule has 0 radical (unpaired) electrons. The van der Waals surface area contributed by atoms with Gasteiger partial charge >= 0.3 is 0 Å². The maximum Gasteiger partial charge on any atom is 0.255 e. The fraction of sp³-hybridized carbons (Fsp3) is 0.226. The summed E-state index contributed by atoms with van der Waals surface area (Å²) in [7, 11) is 0. The highest BCUT2D eigenvalue weighted by Gasteiger charge is 2.38. The SMILES string of the molecule is C[C@H]1[C@@H](CSc2ccccn2)O[C@@H](c2ccc(NC(=O)c3ccccc3)cc2)O[C@H]1c1ccc(CO)cc1. The third-order valence-electron chi connectivity index (χ3n) is 6.63. The van der Waals surface area contributed by atoms with Crippen LogP contribution in [-0.4, -0.2) is 27.9 Å². The van der Waals surface area contributed by atoms with E-state index >= 15 is 0 Å². The number of carbonyl (C=O) groups is 1. The first-order chi connectivity index (χ1) is 18.6. The molecule has 0 saturated carbocycles. The van der Waals surface area contributed by atoms with Gasteiger partial charge in [0.2, 0.25) is 0 Å². The van der Waals surface area contributed by atoms with Gasteiger partial charge in [-0.05, 0) is 47.5 Å². The fourth-order valence-electron chi connectivity index (χ4n) is 4.43. The van der Waals surface area contributed by atoms with Gasteiger partial charge in [-0.25, -0.2) is 4.98 Å².